The van der Waals surface area contributed by atoms with E-state index in [1.54, 1.807) is 18.2 Å². The standard InChI is InChI=1S/C13H19FN2O2/c1-10(2)9-16-13(17)15-7-8-18-12-6-4-3-5-11(12)14/h3-6,10H,7-9H2,1-2H3,(H2,15,16,17). The number of rotatable bonds is 6. The van der Waals surface area contributed by atoms with Crippen LogP contribution in [0.3, 0.4) is 0 Å². The molecule has 0 heterocycles. The molecular formula is C13H19FN2O2. The summed E-state index contributed by atoms with van der Waals surface area (Å²) < 4.78 is 18.4. The lowest BCUT2D eigenvalue weighted by atomic mass is 10.2. The summed E-state index contributed by atoms with van der Waals surface area (Å²) >= 11 is 0. The first kappa shape index (κ1) is 14.3. The molecule has 2 amide bonds. The highest BCUT2D eigenvalue weighted by atomic mass is 19.1. The molecule has 0 aliphatic rings. The molecule has 0 saturated carbocycles. The number of amides is 2. The van der Waals surface area contributed by atoms with Gasteiger partial charge in [-0.05, 0) is 18.1 Å². The van der Waals surface area contributed by atoms with Gasteiger partial charge in [0.15, 0.2) is 11.6 Å². The maximum Gasteiger partial charge on any atom is 0.314 e. The van der Waals surface area contributed by atoms with Crippen LogP contribution in [0.1, 0.15) is 13.8 Å². The lowest BCUT2D eigenvalue weighted by molar-refractivity contribution is 0.234. The number of hydrogen-bond acceptors (Lipinski definition) is 2. The summed E-state index contributed by atoms with van der Waals surface area (Å²) in [5.41, 5.74) is 0. The van der Waals surface area contributed by atoms with Crippen LogP contribution in [-0.4, -0.2) is 25.7 Å². The number of halogens is 1. The maximum absolute atomic E-state index is 13.2. The van der Waals surface area contributed by atoms with Crippen LogP contribution in [-0.2, 0) is 0 Å². The van der Waals surface area contributed by atoms with E-state index in [4.69, 9.17) is 4.74 Å². The van der Waals surface area contributed by atoms with Crippen LogP contribution in [0.2, 0.25) is 0 Å². The van der Waals surface area contributed by atoms with E-state index in [1.807, 2.05) is 13.8 Å². The normalized spacial score (nSPS) is 10.2. The summed E-state index contributed by atoms with van der Waals surface area (Å²) in [6, 6.07) is 5.94. The fraction of sp³-hybridized carbons (Fsp3) is 0.462. The van der Waals surface area contributed by atoms with E-state index in [2.05, 4.69) is 10.6 Å². The number of carbonyl (C=O) groups is 1. The molecule has 1 rings (SSSR count). The minimum Gasteiger partial charge on any atom is -0.489 e. The van der Waals surface area contributed by atoms with E-state index in [1.165, 1.54) is 6.07 Å². The molecule has 4 nitrogen and oxygen atoms in total. The largest absolute Gasteiger partial charge is 0.489 e. The lowest BCUT2D eigenvalue weighted by Crippen LogP contribution is -2.39. The first-order valence-electron chi connectivity index (χ1n) is 5.98. The van der Waals surface area contributed by atoms with Crippen molar-refractivity contribution >= 4 is 6.03 Å². The molecule has 0 bridgehead atoms. The Labute approximate surface area is 107 Å². The van der Waals surface area contributed by atoms with Gasteiger partial charge < -0.3 is 15.4 Å². The molecule has 0 aliphatic carbocycles. The van der Waals surface area contributed by atoms with Crippen molar-refractivity contribution in [1.29, 1.82) is 0 Å². The molecule has 1 aromatic rings. The SMILES string of the molecule is CC(C)CNC(=O)NCCOc1ccccc1F. The average Bonchev–Trinajstić information content (AvgIpc) is 2.34. The summed E-state index contributed by atoms with van der Waals surface area (Å²) in [7, 11) is 0. The van der Waals surface area contributed by atoms with Crippen molar-refractivity contribution in [3.63, 3.8) is 0 Å². The van der Waals surface area contributed by atoms with Gasteiger partial charge in [-0.15, -0.1) is 0 Å². The molecule has 0 unspecified atom stereocenters. The van der Waals surface area contributed by atoms with Crippen LogP contribution < -0.4 is 15.4 Å². The van der Waals surface area contributed by atoms with Crippen LogP contribution in [0.25, 0.3) is 0 Å². The van der Waals surface area contributed by atoms with Gasteiger partial charge in [-0.2, -0.15) is 0 Å². The van der Waals surface area contributed by atoms with Gasteiger partial charge in [0.2, 0.25) is 0 Å². The Morgan fingerprint density at radius 2 is 2.06 bits per heavy atom. The Hall–Kier alpha value is -1.78. The van der Waals surface area contributed by atoms with E-state index in [-0.39, 0.29) is 18.4 Å². The first-order chi connectivity index (χ1) is 8.59. The number of urea groups is 1. The third-order valence-electron chi connectivity index (χ3n) is 2.15. The smallest absolute Gasteiger partial charge is 0.314 e. The Balaban J connectivity index is 2.15. The minimum atomic E-state index is -0.401. The molecule has 0 aliphatic heterocycles. The highest BCUT2D eigenvalue weighted by molar-refractivity contribution is 5.73. The number of benzene rings is 1. The van der Waals surface area contributed by atoms with Crippen LogP contribution in [0.5, 0.6) is 5.75 Å². The molecule has 0 spiro atoms. The number of para-hydroxylation sites is 1. The topological polar surface area (TPSA) is 50.4 Å². The van der Waals surface area contributed by atoms with E-state index in [9.17, 15) is 9.18 Å². The van der Waals surface area contributed by atoms with Crippen LogP contribution in [0.4, 0.5) is 9.18 Å². The van der Waals surface area contributed by atoms with Gasteiger partial charge in [0.1, 0.15) is 6.61 Å². The summed E-state index contributed by atoms with van der Waals surface area (Å²) in [5, 5.41) is 5.34. The zero-order valence-electron chi connectivity index (χ0n) is 10.7. The summed E-state index contributed by atoms with van der Waals surface area (Å²) in [6.45, 7) is 5.22. The second-order valence-corrected chi connectivity index (χ2v) is 4.31. The highest BCUT2D eigenvalue weighted by Gasteiger charge is 2.03. The quantitative estimate of drug-likeness (QED) is 0.764. The first-order valence-corrected chi connectivity index (χ1v) is 5.98. The van der Waals surface area contributed by atoms with Gasteiger partial charge in [-0.3, -0.25) is 0 Å². The Kier molecular flexibility index (Phi) is 5.97. The molecule has 0 radical (unpaired) electrons. The second kappa shape index (κ2) is 7.53. The molecule has 1 aromatic carbocycles. The van der Waals surface area contributed by atoms with Crippen molar-refractivity contribution in [3.8, 4) is 5.75 Å². The molecule has 0 aromatic heterocycles. The zero-order chi connectivity index (χ0) is 13.4. The van der Waals surface area contributed by atoms with Crippen LogP contribution in [0, 0.1) is 11.7 Å². The van der Waals surface area contributed by atoms with Gasteiger partial charge >= 0.3 is 6.03 Å². The molecule has 5 heteroatoms. The van der Waals surface area contributed by atoms with Gasteiger partial charge in [-0.1, -0.05) is 26.0 Å². The predicted molar refractivity (Wildman–Crippen MR) is 68.1 cm³/mol. The molecule has 0 atom stereocenters. The summed E-state index contributed by atoms with van der Waals surface area (Å²) in [4.78, 5) is 11.3. The number of hydrogen-bond donors (Lipinski definition) is 2. The summed E-state index contributed by atoms with van der Waals surface area (Å²) in [5.74, 6) is 0.203. The lowest BCUT2D eigenvalue weighted by Gasteiger charge is -2.10. The fourth-order valence-corrected chi connectivity index (χ4v) is 1.25. The summed E-state index contributed by atoms with van der Waals surface area (Å²) in [6.07, 6.45) is 0. The Morgan fingerprint density at radius 3 is 2.72 bits per heavy atom. The minimum absolute atomic E-state index is 0.196. The third kappa shape index (κ3) is 5.52. The Bertz CT molecular complexity index is 383. The van der Waals surface area contributed by atoms with Crippen molar-refractivity contribution in [2.45, 2.75) is 13.8 Å². The molecule has 18 heavy (non-hydrogen) atoms. The van der Waals surface area contributed by atoms with Crippen molar-refractivity contribution in [1.82, 2.24) is 10.6 Å². The van der Waals surface area contributed by atoms with Crippen molar-refractivity contribution in [3.05, 3.63) is 30.1 Å². The molecule has 0 saturated heterocycles. The maximum atomic E-state index is 13.2. The number of ether oxygens (including phenoxy) is 1. The number of nitrogens with one attached hydrogen (secondary N) is 2. The predicted octanol–water partition coefficient (Wildman–Crippen LogP) is 2.16. The van der Waals surface area contributed by atoms with Crippen LogP contribution >= 0.6 is 0 Å². The zero-order valence-corrected chi connectivity index (χ0v) is 10.7. The molecule has 0 fully saturated rings. The van der Waals surface area contributed by atoms with Gasteiger partial charge in [0.05, 0.1) is 6.54 Å². The van der Waals surface area contributed by atoms with Gasteiger partial charge in [0.25, 0.3) is 0 Å². The second-order valence-electron chi connectivity index (χ2n) is 4.31. The van der Waals surface area contributed by atoms with E-state index < -0.39 is 5.82 Å². The van der Waals surface area contributed by atoms with Gasteiger partial charge in [0, 0.05) is 6.54 Å². The average molecular weight is 254 g/mol. The monoisotopic (exact) mass is 254 g/mol. The molecule has 100 valence electrons. The number of carbonyl (C=O) groups excluding carboxylic acids is 1. The van der Waals surface area contributed by atoms with Crippen molar-refractivity contribution in [2.24, 2.45) is 5.92 Å². The van der Waals surface area contributed by atoms with Gasteiger partial charge in [-0.25, -0.2) is 9.18 Å². The Morgan fingerprint density at radius 1 is 1.33 bits per heavy atom. The van der Waals surface area contributed by atoms with E-state index in [0.29, 0.717) is 19.0 Å². The molecular weight excluding hydrogens is 235 g/mol. The van der Waals surface area contributed by atoms with Crippen LogP contribution in [0.15, 0.2) is 24.3 Å². The third-order valence-corrected chi connectivity index (χ3v) is 2.15. The van der Waals surface area contributed by atoms with Crippen molar-refractivity contribution in [2.75, 3.05) is 19.7 Å². The van der Waals surface area contributed by atoms with E-state index >= 15 is 0 Å². The van der Waals surface area contributed by atoms with Crippen molar-refractivity contribution < 1.29 is 13.9 Å². The molecule has 2 N–H and O–H groups in total. The van der Waals surface area contributed by atoms with E-state index in [0.717, 1.165) is 0 Å². The highest BCUT2D eigenvalue weighted by Crippen LogP contribution is 2.14. The fourth-order valence-electron chi connectivity index (χ4n) is 1.25.